The van der Waals surface area contributed by atoms with Crippen molar-refractivity contribution in [1.82, 2.24) is 10.2 Å². The molecule has 0 aliphatic carbocycles. The minimum Gasteiger partial charge on any atom is -0.346 e. The van der Waals surface area contributed by atoms with Gasteiger partial charge in [-0.2, -0.15) is 0 Å². The molecule has 0 spiro atoms. The summed E-state index contributed by atoms with van der Waals surface area (Å²) in [5.74, 6) is -0.0636. The van der Waals surface area contributed by atoms with Crippen molar-refractivity contribution in [2.75, 3.05) is 7.05 Å². The number of likely N-dealkylation sites (N-methyl/N-ethyl adjacent to an activating group) is 1. The molecule has 2 aromatic rings. The number of nitrogens with zero attached hydrogens (tertiary/aromatic N) is 1. The molecule has 3 heteroatoms. The van der Waals surface area contributed by atoms with Gasteiger partial charge in [0.05, 0.1) is 6.04 Å². The van der Waals surface area contributed by atoms with E-state index in [2.05, 4.69) is 36.3 Å². The van der Waals surface area contributed by atoms with E-state index in [0.717, 1.165) is 12.1 Å². The van der Waals surface area contributed by atoms with Crippen LogP contribution in [0.5, 0.6) is 0 Å². The number of nitrogens with one attached hydrogen (secondary N) is 1. The van der Waals surface area contributed by atoms with Crippen molar-refractivity contribution >= 4 is 5.91 Å². The quantitative estimate of drug-likeness (QED) is 0.783. The molecule has 1 N–H and O–H groups in total. The second-order valence-corrected chi connectivity index (χ2v) is 6.14. The van der Waals surface area contributed by atoms with Crippen molar-refractivity contribution in [2.45, 2.75) is 32.5 Å². The van der Waals surface area contributed by atoms with Crippen LogP contribution < -0.4 is 5.32 Å². The van der Waals surface area contributed by atoms with Gasteiger partial charge in [0.1, 0.15) is 0 Å². The van der Waals surface area contributed by atoms with Crippen LogP contribution in [0, 0.1) is 0 Å². The third-order valence-corrected chi connectivity index (χ3v) is 4.15. The molecule has 2 rings (SSSR count). The molecule has 0 saturated heterocycles. The van der Waals surface area contributed by atoms with Gasteiger partial charge < -0.3 is 5.32 Å². The van der Waals surface area contributed by atoms with Crippen LogP contribution in [-0.4, -0.2) is 23.9 Å². The molecule has 0 saturated carbocycles. The summed E-state index contributed by atoms with van der Waals surface area (Å²) in [5, 5.41) is 3.00. The maximum absolute atomic E-state index is 12.1. The van der Waals surface area contributed by atoms with E-state index in [1.165, 1.54) is 5.56 Å². The third kappa shape index (κ3) is 5.67. The summed E-state index contributed by atoms with van der Waals surface area (Å²) in [6.07, 6.45) is 3.57. The standard InChI is InChI=1S/C21H26N2O/c1-17(23(3)16-19-10-6-4-7-11-19)14-15-21(24)22-18(2)20-12-8-5-9-13-20/h4-15,17-18H,16H2,1-3H3,(H,22,24)/b15-14+/t17-,18+/m1/s1. The second-order valence-electron chi connectivity index (χ2n) is 6.14. The van der Waals surface area contributed by atoms with Crippen molar-refractivity contribution in [1.29, 1.82) is 0 Å². The van der Waals surface area contributed by atoms with Gasteiger partial charge in [0, 0.05) is 18.7 Å². The van der Waals surface area contributed by atoms with E-state index in [0.29, 0.717) is 0 Å². The van der Waals surface area contributed by atoms with Crippen LogP contribution in [0.2, 0.25) is 0 Å². The summed E-state index contributed by atoms with van der Waals surface area (Å²) in [5.41, 5.74) is 2.37. The highest BCUT2D eigenvalue weighted by Crippen LogP contribution is 2.11. The van der Waals surface area contributed by atoms with E-state index in [9.17, 15) is 4.79 Å². The zero-order valence-electron chi connectivity index (χ0n) is 14.6. The molecule has 0 radical (unpaired) electrons. The van der Waals surface area contributed by atoms with Gasteiger partial charge in [-0.3, -0.25) is 9.69 Å². The summed E-state index contributed by atoms with van der Waals surface area (Å²) in [6.45, 7) is 4.94. The van der Waals surface area contributed by atoms with Crippen LogP contribution >= 0.6 is 0 Å². The first-order chi connectivity index (χ1) is 11.6. The third-order valence-electron chi connectivity index (χ3n) is 4.15. The molecule has 0 unspecified atom stereocenters. The average molecular weight is 322 g/mol. The van der Waals surface area contributed by atoms with Crippen LogP contribution in [0.1, 0.15) is 31.0 Å². The molecule has 0 fully saturated rings. The molecular formula is C21H26N2O. The maximum Gasteiger partial charge on any atom is 0.244 e. The number of carbonyl (C=O) groups excluding carboxylic acids is 1. The predicted octanol–water partition coefficient (Wildman–Crippen LogP) is 3.94. The van der Waals surface area contributed by atoms with E-state index in [-0.39, 0.29) is 18.0 Å². The molecule has 0 aliphatic heterocycles. The lowest BCUT2D eigenvalue weighted by molar-refractivity contribution is -0.117. The zero-order chi connectivity index (χ0) is 17.4. The topological polar surface area (TPSA) is 32.3 Å². The van der Waals surface area contributed by atoms with Crippen LogP contribution in [0.25, 0.3) is 0 Å². The number of amides is 1. The Morgan fingerprint density at radius 1 is 1.04 bits per heavy atom. The van der Waals surface area contributed by atoms with Crippen LogP contribution in [0.4, 0.5) is 0 Å². The molecule has 3 nitrogen and oxygen atoms in total. The van der Waals surface area contributed by atoms with Crippen molar-refractivity contribution in [3.8, 4) is 0 Å². The predicted molar refractivity (Wildman–Crippen MR) is 99.5 cm³/mol. The lowest BCUT2D eigenvalue weighted by Gasteiger charge is -2.22. The largest absolute Gasteiger partial charge is 0.346 e. The maximum atomic E-state index is 12.1. The Morgan fingerprint density at radius 3 is 2.25 bits per heavy atom. The highest BCUT2D eigenvalue weighted by Gasteiger charge is 2.09. The number of benzene rings is 2. The lowest BCUT2D eigenvalue weighted by atomic mass is 10.1. The highest BCUT2D eigenvalue weighted by molar-refractivity contribution is 5.87. The first-order valence-corrected chi connectivity index (χ1v) is 8.34. The molecule has 1 amide bonds. The summed E-state index contributed by atoms with van der Waals surface area (Å²) < 4.78 is 0. The first-order valence-electron chi connectivity index (χ1n) is 8.34. The average Bonchev–Trinajstić information content (AvgIpc) is 2.61. The van der Waals surface area contributed by atoms with Gasteiger partial charge in [0.25, 0.3) is 0 Å². The first kappa shape index (κ1) is 18.0. The Hall–Kier alpha value is -2.39. The van der Waals surface area contributed by atoms with E-state index in [4.69, 9.17) is 0 Å². The fourth-order valence-corrected chi connectivity index (χ4v) is 2.48. The van der Waals surface area contributed by atoms with Gasteiger partial charge in [-0.15, -0.1) is 0 Å². The monoisotopic (exact) mass is 322 g/mol. The van der Waals surface area contributed by atoms with Crippen molar-refractivity contribution < 1.29 is 4.79 Å². The Labute approximate surface area is 145 Å². The lowest BCUT2D eigenvalue weighted by Crippen LogP contribution is -2.28. The van der Waals surface area contributed by atoms with Crippen LogP contribution in [0.15, 0.2) is 72.8 Å². The van der Waals surface area contributed by atoms with Crippen LogP contribution in [-0.2, 0) is 11.3 Å². The van der Waals surface area contributed by atoms with Gasteiger partial charge in [0.2, 0.25) is 5.91 Å². The Morgan fingerprint density at radius 2 is 1.62 bits per heavy atom. The molecular weight excluding hydrogens is 296 g/mol. The molecule has 126 valence electrons. The Bertz CT molecular complexity index is 652. The SMILES string of the molecule is C[C@H](NC(=O)/C=C/[C@@H](C)N(C)Cc1ccccc1)c1ccccc1. The number of hydrogen-bond acceptors (Lipinski definition) is 2. The van der Waals surface area contributed by atoms with Gasteiger partial charge in [-0.05, 0) is 32.0 Å². The Balaban J connectivity index is 1.84. The normalized spacial score (nSPS) is 13.8. The van der Waals surface area contributed by atoms with Crippen molar-refractivity contribution in [3.63, 3.8) is 0 Å². The summed E-state index contributed by atoms with van der Waals surface area (Å²) in [7, 11) is 2.06. The van der Waals surface area contributed by atoms with Crippen molar-refractivity contribution in [3.05, 3.63) is 83.9 Å². The summed E-state index contributed by atoms with van der Waals surface area (Å²) in [6, 6.07) is 20.5. The van der Waals surface area contributed by atoms with Crippen LogP contribution in [0.3, 0.4) is 0 Å². The number of rotatable bonds is 7. The van der Waals surface area contributed by atoms with E-state index < -0.39 is 0 Å². The summed E-state index contributed by atoms with van der Waals surface area (Å²) in [4.78, 5) is 14.3. The fourth-order valence-electron chi connectivity index (χ4n) is 2.48. The zero-order valence-corrected chi connectivity index (χ0v) is 14.6. The van der Waals surface area contributed by atoms with E-state index in [1.54, 1.807) is 6.08 Å². The van der Waals surface area contributed by atoms with Gasteiger partial charge >= 0.3 is 0 Å². The molecule has 0 bridgehead atoms. The van der Waals surface area contributed by atoms with Crippen molar-refractivity contribution in [2.24, 2.45) is 0 Å². The molecule has 0 aliphatic rings. The van der Waals surface area contributed by atoms with Gasteiger partial charge in [0.15, 0.2) is 0 Å². The molecule has 24 heavy (non-hydrogen) atoms. The minimum atomic E-state index is -0.0636. The molecule has 0 heterocycles. The van der Waals surface area contributed by atoms with E-state index in [1.807, 2.05) is 61.5 Å². The minimum absolute atomic E-state index is 0.000652. The number of carbonyl (C=O) groups is 1. The fraction of sp³-hybridized carbons (Fsp3) is 0.286. The second kappa shape index (κ2) is 9.04. The Kier molecular flexibility index (Phi) is 6.76. The smallest absolute Gasteiger partial charge is 0.244 e. The molecule has 2 atom stereocenters. The molecule has 0 aromatic heterocycles. The number of hydrogen-bond donors (Lipinski definition) is 1. The summed E-state index contributed by atoms with van der Waals surface area (Å²) >= 11 is 0. The highest BCUT2D eigenvalue weighted by atomic mass is 16.1. The van der Waals surface area contributed by atoms with Gasteiger partial charge in [-0.1, -0.05) is 66.7 Å². The molecule has 2 aromatic carbocycles. The van der Waals surface area contributed by atoms with E-state index >= 15 is 0 Å². The van der Waals surface area contributed by atoms with Gasteiger partial charge in [-0.25, -0.2) is 0 Å².